The number of aliphatic hydroxyl groups is 1. The van der Waals surface area contributed by atoms with E-state index in [1.807, 2.05) is 0 Å². The monoisotopic (exact) mass is 535 g/mol. The van der Waals surface area contributed by atoms with Crippen LogP contribution in [0.5, 0.6) is 0 Å². The van der Waals surface area contributed by atoms with Crippen molar-refractivity contribution < 1.29 is 37.3 Å². The van der Waals surface area contributed by atoms with Crippen molar-refractivity contribution in [3.63, 3.8) is 0 Å². The van der Waals surface area contributed by atoms with Crippen LogP contribution in [0.15, 0.2) is 52.9 Å². The number of thiocarbonyl (C=S) groups is 1. The van der Waals surface area contributed by atoms with Gasteiger partial charge in [0.05, 0.1) is 16.9 Å². The molecule has 3 aliphatic heterocycles. The van der Waals surface area contributed by atoms with Crippen molar-refractivity contribution in [3.05, 3.63) is 59.1 Å². The molecule has 5 rings (SSSR count). The summed E-state index contributed by atoms with van der Waals surface area (Å²) in [6.45, 7) is 0.727. The van der Waals surface area contributed by atoms with E-state index in [0.717, 1.165) is 12.1 Å². The summed E-state index contributed by atoms with van der Waals surface area (Å²) in [6, 6.07) is 4.69. The molecule has 37 heavy (non-hydrogen) atoms. The van der Waals surface area contributed by atoms with Crippen molar-refractivity contribution in [2.24, 2.45) is 10.9 Å². The molecule has 0 radical (unpaired) electrons. The lowest BCUT2D eigenvalue weighted by Crippen LogP contribution is -2.47. The van der Waals surface area contributed by atoms with Gasteiger partial charge in [-0.05, 0) is 55.3 Å². The van der Waals surface area contributed by atoms with Gasteiger partial charge in [-0.2, -0.15) is 13.2 Å². The number of likely N-dealkylation sites (tertiary alicyclic amines) is 1. The first-order valence-electron chi connectivity index (χ1n) is 11.9. The number of hydrogen-bond acceptors (Lipinski definition) is 6. The molecule has 0 bridgehead atoms. The first-order valence-corrected chi connectivity index (χ1v) is 12.3. The summed E-state index contributed by atoms with van der Waals surface area (Å²) in [5.74, 6) is -0.0144. The number of halogens is 3. The summed E-state index contributed by atoms with van der Waals surface area (Å²) in [5, 5.41) is 11.1. The second-order valence-electron chi connectivity index (χ2n) is 9.33. The van der Waals surface area contributed by atoms with Gasteiger partial charge >= 0.3 is 6.18 Å². The highest BCUT2D eigenvalue weighted by atomic mass is 32.1. The van der Waals surface area contributed by atoms with Gasteiger partial charge in [-0.25, -0.2) is 4.99 Å². The van der Waals surface area contributed by atoms with Crippen molar-refractivity contribution in [2.75, 3.05) is 26.4 Å². The number of carbonyl (C=O) groups excluding carboxylic acids is 2. The Morgan fingerprint density at radius 2 is 1.95 bits per heavy atom. The number of piperidine rings is 1. The third kappa shape index (κ3) is 4.99. The normalized spacial score (nSPS) is 22.8. The fourth-order valence-electron chi connectivity index (χ4n) is 4.89. The highest BCUT2D eigenvalue weighted by molar-refractivity contribution is 7.80. The molecule has 1 atom stereocenters. The van der Waals surface area contributed by atoms with E-state index in [4.69, 9.17) is 21.7 Å². The summed E-state index contributed by atoms with van der Waals surface area (Å²) in [6.07, 6.45) is -0.433. The molecule has 196 valence electrons. The van der Waals surface area contributed by atoms with Crippen LogP contribution in [0.3, 0.4) is 0 Å². The van der Waals surface area contributed by atoms with Crippen molar-refractivity contribution in [2.45, 2.75) is 37.5 Å². The van der Waals surface area contributed by atoms with Gasteiger partial charge in [0.25, 0.3) is 0 Å². The largest absolute Gasteiger partial charge is 0.454 e. The van der Waals surface area contributed by atoms with E-state index in [9.17, 15) is 27.9 Å². The van der Waals surface area contributed by atoms with Crippen LogP contribution >= 0.6 is 12.2 Å². The Kier molecular flexibility index (Phi) is 6.57. The SMILES string of the molecule is O=C(CCCN1C(=O)C2C=C3OCOC3=CC2=NC1=S)N1CCC(O)(c2cccc(C(F)(F)F)c2)CC1. The second-order valence-corrected chi connectivity index (χ2v) is 9.69. The maximum Gasteiger partial charge on any atom is 0.416 e. The minimum atomic E-state index is -4.50. The summed E-state index contributed by atoms with van der Waals surface area (Å²) in [7, 11) is 0. The summed E-state index contributed by atoms with van der Waals surface area (Å²) < 4.78 is 49.9. The number of fused-ring (bicyclic) bond motifs is 2. The van der Waals surface area contributed by atoms with E-state index in [-0.39, 0.29) is 68.2 Å². The Morgan fingerprint density at radius 3 is 2.68 bits per heavy atom. The zero-order valence-corrected chi connectivity index (χ0v) is 20.5. The minimum Gasteiger partial charge on any atom is -0.454 e. The van der Waals surface area contributed by atoms with Crippen LogP contribution in [-0.2, 0) is 30.8 Å². The number of carbonyl (C=O) groups is 2. The number of benzene rings is 1. The fraction of sp³-hybridized carbons (Fsp3) is 0.440. The molecule has 4 aliphatic rings. The third-order valence-electron chi connectivity index (χ3n) is 7.02. The number of aliphatic imine (C=N–C) groups is 1. The van der Waals surface area contributed by atoms with Gasteiger partial charge in [0.15, 0.2) is 11.5 Å². The van der Waals surface area contributed by atoms with Crippen molar-refractivity contribution in [1.82, 2.24) is 9.80 Å². The van der Waals surface area contributed by atoms with Gasteiger partial charge in [-0.3, -0.25) is 14.5 Å². The average Bonchev–Trinajstić information content (AvgIpc) is 3.32. The molecule has 1 unspecified atom stereocenters. The molecular formula is C25H24F3N3O5S. The van der Waals surface area contributed by atoms with Gasteiger partial charge in [0.2, 0.25) is 23.7 Å². The topological polar surface area (TPSA) is 91.7 Å². The number of ether oxygens (including phenoxy) is 2. The predicted molar refractivity (Wildman–Crippen MR) is 129 cm³/mol. The summed E-state index contributed by atoms with van der Waals surface area (Å²) >= 11 is 5.30. The third-order valence-corrected chi connectivity index (χ3v) is 7.33. The second kappa shape index (κ2) is 9.56. The quantitative estimate of drug-likeness (QED) is 0.582. The molecule has 0 spiro atoms. The molecule has 1 aromatic carbocycles. The highest BCUT2D eigenvalue weighted by Gasteiger charge is 2.40. The highest BCUT2D eigenvalue weighted by Crippen LogP contribution is 2.37. The zero-order chi connectivity index (χ0) is 26.4. The molecule has 0 aromatic heterocycles. The van der Waals surface area contributed by atoms with Gasteiger partial charge in [0.1, 0.15) is 5.92 Å². The van der Waals surface area contributed by atoms with Crippen LogP contribution in [0.4, 0.5) is 13.2 Å². The molecular weight excluding hydrogens is 511 g/mol. The molecule has 1 aromatic rings. The lowest BCUT2D eigenvalue weighted by molar-refractivity contribution is -0.138. The Hall–Kier alpha value is -3.25. The summed E-state index contributed by atoms with van der Waals surface area (Å²) in [4.78, 5) is 33.1. The lowest BCUT2D eigenvalue weighted by atomic mass is 9.83. The van der Waals surface area contributed by atoms with Crippen LogP contribution in [0, 0.1) is 5.92 Å². The number of nitrogens with zero attached hydrogens (tertiary/aromatic N) is 3. The van der Waals surface area contributed by atoms with Crippen molar-refractivity contribution >= 4 is 34.9 Å². The number of rotatable bonds is 5. The molecule has 2 amide bonds. The smallest absolute Gasteiger partial charge is 0.416 e. The maximum atomic E-state index is 13.1. The first kappa shape index (κ1) is 25.4. The lowest BCUT2D eigenvalue weighted by Gasteiger charge is -2.39. The Labute approximate surface area is 216 Å². The molecule has 8 nitrogen and oxygen atoms in total. The predicted octanol–water partition coefficient (Wildman–Crippen LogP) is 3.27. The van der Waals surface area contributed by atoms with Gasteiger partial charge in [-0.1, -0.05) is 12.1 Å². The average molecular weight is 536 g/mol. The van der Waals surface area contributed by atoms with Gasteiger partial charge < -0.3 is 19.5 Å². The number of amides is 2. The van der Waals surface area contributed by atoms with E-state index in [2.05, 4.69) is 4.99 Å². The van der Waals surface area contributed by atoms with Crippen LogP contribution in [0.2, 0.25) is 0 Å². The number of hydrogen-bond donors (Lipinski definition) is 1. The first-order chi connectivity index (χ1) is 17.5. The molecule has 2 saturated heterocycles. The fourth-order valence-corrected chi connectivity index (χ4v) is 5.17. The van der Waals surface area contributed by atoms with Gasteiger partial charge in [0, 0.05) is 32.1 Å². The Bertz CT molecular complexity index is 1230. The molecule has 1 N–H and O–H groups in total. The van der Waals surface area contributed by atoms with E-state index in [1.165, 1.54) is 17.0 Å². The van der Waals surface area contributed by atoms with Gasteiger partial charge in [-0.15, -0.1) is 0 Å². The number of alkyl halides is 3. The molecule has 12 heteroatoms. The minimum absolute atomic E-state index is 0.0793. The van der Waals surface area contributed by atoms with E-state index < -0.39 is 23.3 Å². The molecule has 0 saturated carbocycles. The van der Waals surface area contributed by atoms with E-state index in [1.54, 1.807) is 17.1 Å². The Morgan fingerprint density at radius 1 is 1.22 bits per heavy atom. The number of allylic oxidation sites excluding steroid dienone is 1. The molecule has 2 fully saturated rings. The summed E-state index contributed by atoms with van der Waals surface area (Å²) in [5.41, 5.74) is -1.56. The van der Waals surface area contributed by atoms with Crippen LogP contribution < -0.4 is 0 Å². The van der Waals surface area contributed by atoms with Crippen LogP contribution in [-0.4, -0.2) is 64.0 Å². The van der Waals surface area contributed by atoms with Crippen molar-refractivity contribution in [1.29, 1.82) is 0 Å². The van der Waals surface area contributed by atoms with E-state index in [0.29, 0.717) is 23.7 Å². The van der Waals surface area contributed by atoms with Crippen LogP contribution in [0.25, 0.3) is 0 Å². The van der Waals surface area contributed by atoms with Crippen molar-refractivity contribution in [3.8, 4) is 0 Å². The zero-order valence-electron chi connectivity index (χ0n) is 19.7. The standard InChI is InChI=1S/C25H24F3N3O5S/c26-25(27,28)16-4-1-3-15(11-16)24(34)6-9-30(10-7-24)21(32)5-2-8-31-22(33)17-12-19-20(36-14-35-19)13-18(17)29-23(31)37/h1,3-4,11-13,17,34H,2,5-10,14H2. The van der Waals surface area contributed by atoms with Crippen LogP contribution in [0.1, 0.15) is 36.8 Å². The van der Waals surface area contributed by atoms with E-state index >= 15 is 0 Å². The maximum absolute atomic E-state index is 13.1. The molecule has 3 heterocycles. The Balaban J connectivity index is 1.14. The molecule has 1 aliphatic carbocycles.